The predicted molar refractivity (Wildman–Crippen MR) is 73.8 cm³/mol. The first-order valence-electron chi connectivity index (χ1n) is 4.90. The van der Waals surface area contributed by atoms with E-state index in [-0.39, 0.29) is 21.5 Å². The van der Waals surface area contributed by atoms with Crippen molar-refractivity contribution in [2.24, 2.45) is 0 Å². The molecule has 0 N–H and O–H groups in total. The Morgan fingerprint density at radius 1 is 1.16 bits per heavy atom. The molecule has 0 unspecified atom stereocenters. The van der Waals surface area contributed by atoms with Gasteiger partial charge in [0.05, 0.1) is 5.02 Å². The van der Waals surface area contributed by atoms with Crippen molar-refractivity contribution in [3.8, 4) is 11.6 Å². The Labute approximate surface area is 124 Å². The first kappa shape index (κ1) is 14.4. The average molecular weight is 339 g/mol. The zero-order valence-corrected chi connectivity index (χ0v) is 12.3. The largest absolute Gasteiger partial charge is 0.436 e. The Bertz CT molecular complexity index is 719. The van der Waals surface area contributed by atoms with Gasteiger partial charge < -0.3 is 4.74 Å². The van der Waals surface area contributed by atoms with E-state index in [9.17, 15) is 8.42 Å². The molecule has 2 rings (SSSR count). The third-order valence-electron chi connectivity index (χ3n) is 2.10. The molecule has 0 fully saturated rings. The van der Waals surface area contributed by atoms with Crippen LogP contribution in [0.1, 0.15) is 0 Å². The quantitative estimate of drug-likeness (QED) is 0.790. The standard InChI is InChI=1S/C11H6Cl3NO3S/c12-7-3-4-9(8(13)6-7)18-11-10(19(14,16)17)2-1-5-15-11/h1-6H. The van der Waals surface area contributed by atoms with Gasteiger partial charge >= 0.3 is 0 Å². The van der Waals surface area contributed by atoms with Gasteiger partial charge in [-0.15, -0.1) is 0 Å². The highest BCUT2D eigenvalue weighted by Crippen LogP contribution is 2.34. The van der Waals surface area contributed by atoms with E-state index in [1.807, 2.05) is 0 Å². The van der Waals surface area contributed by atoms with Crippen molar-refractivity contribution in [3.05, 3.63) is 46.6 Å². The molecule has 0 radical (unpaired) electrons. The van der Waals surface area contributed by atoms with Crippen molar-refractivity contribution in [3.63, 3.8) is 0 Å². The van der Waals surface area contributed by atoms with E-state index < -0.39 is 9.05 Å². The van der Waals surface area contributed by atoms with Gasteiger partial charge in [0.15, 0.2) is 0 Å². The molecule has 1 aromatic heterocycles. The lowest BCUT2D eigenvalue weighted by molar-refractivity contribution is 0.448. The van der Waals surface area contributed by atoms with E-state index in [4.69, 9.17) is 38.6 Å². The zero-order chi connectivity index (χ0) is 14.0. The molecule has 0 saturated carbocycles. The van der Waals surface area contributed by atoms with Crippen molar-refractivity contribution in [2.75, 3.05) is 0 Å². The Balaban J connectivity index is 2.44. The SMILES string of the molecule is O=S(=O)(Cl)c1cccnc1Oc1ccc(Cl)cc1Cl. The molecule has 0 spiro atoms. The van der Waals surface area contributed by atoms with Gasteiger partial charge in [-0.25, -0.2) is 13.4 Å². The Morgan fingerprint density at radius 3 is 2.53 bits per heavy atom. The molecule has 8 heteroatoms. The minimum atomic E-state index is -3.96. The van der Waals surface area contributed by atoms with Crippen LogP contribution in [0.2, 0.25) is 10.0 Å². The van der Waals surface area contributed by atoms with Crippen molar-refractivity contribution in [1.29, 1.82) is 0 Å². The van der Waals surface area contributed by atoms with Crippen LogP contribution >= 0.6 is 33.9 Å². The van der Waals surface area contributed by atoms with Crippen LogP contribution in [0, 0.1) is 0 Å². The summed E-state index contributed by atoms with van der Waals surface area (Å²) in [6, 6.07) is 7.25. The van der Waals surface area contributed by atoms with Crippen LogP contribution in [0.25, 0.3) is 0 Å². The fourth-order valence-electron chi connectivity index (χ4n) is 1.30. The number of hydrogen-bond acceptors (Lipinski definition) is 4. The van der Waals surface area contributed by atoms with Crippen molar-refractivity contribution in [2.45, 2.75) is 4.90 Å². The van der Waals surface area contributed by atoms with Gasteiger partial charge in [-0.05, 0) is 30.3 Å². The first-order valence-corrected chi connectivity index (χ1v) is 7.97. The van der Waals surface area contributed by atoms with E-state index >= 15 is 0 Å². The van der Waals surface area contributed by atoms with Crippen LogP contribution in [-0.2, 0) is 9.05 Å². The summed E-state index contributed by atoms with van der Waals surface area (Å²) in [7, 11) is 1.33. The molecule has 1 heterocycles. The highest BCUT2D eigenvalue weighted by molar-refractivity contribution is 8.13. The van der Waals surface area contributed by atoms with Gasteiger partial charge in [-0.3, -0.25) is 0 Å². The highest BCUT2D eigenvalue weighted by atomic mass is 35.7. The minimum absolute atomic E-state index is 0.151. The second-order valence-electron chi connectivity index (χ2n) is 3.42. The third kappa shape index (κ3) is 3.51. The summed E-state index contributed by atoms with van der Waals surface area (Å²) in [6.45, 7) is 0. The molecule has 100 valence electrons. The smallest absolute Gasteiger partial charge is 0.266 e. The monoisotopic (exact) mass is 337 g/mol. The molecular weight excluding hydrogens is 333 g/mol. The van der Waals surface area contributed by atoms with E-state index in [0.717, 1.165) is 0 Å². The number of rotatable bonds is 3. The van der Waals surface area contributed by atoms with Crippen LogP contribution in [-0.4, -0.2) is 13.4 Å². The molecule has 0 amide bonds. The lowest BCUT2D eigenvalue weighted by Gasteiger charge is -2.09. The maximum atomic E-state index is 11.4. The summed E-state index contributed by atoms with van der Waals surface area (Å²) in [4.78, 5) is 3.59. The zero-order valence-electron chi connectivity index (χ0n) is 9.18. The van der Waals surface area contributed by atoms with Crippen LogP contribution in [0.5, 0.6) is 11.6 Å². The molecule has 1 aromatic carbocycles. The fraction of sp³-hybridized carbons (Fsp3) is 0. The summed E-state index contributed by atoms with van der Waals surface area (Å²) in [6.07, 6.45) is 1.38. The van der Waals surface area contributed by atoms with Crippen LogP contribution in [0.15, 0.2) is 41.4 Å². The van der Waals surface area contributed by atoms with E-state index in [1.165, 1.54) is 30.5 Å². The topological polar surface area (TPSA) is 56.3 Å². The van der Waals surface area contributed by atoms with E-state index in [2.05, 4.69) is 4.98 Å². The predicted octanol–water partition coefficient (Wildman–Crippen LogP) is 4.11. The molecule has 0 saturated heterocycles. The summed E-state index contributed by atoms with van der Waals surface area (Å²) < 4.78 is 28.1. The summed E-state index contributed by atoms with van der Waals surface area (Å²) >= 11 is 11.7. The molecule has 0 aliphatic heterocycles. The van der Waals surface area contributed by atoms with Crippen molar-refractivity contribution >= 4 is 42.9 Å². The molecule has 0 atom stereocenters. The first-order chi connectivity index (χ1) is 8.88. The summed E-state index contributed by atoms with van der Waals surface area (Å²) in [5.74, 6) is 0.0769. The number of aromatic nitrogens is 1. The van der Waals surface area contributed by atoms with Gasteiger partial charge in [0.2, 0.25) is 5.88 Å². The molecule has 0 bridgehead atoms. The van der Waals surface area contributed by atoms with E-state index in [0.29, 0.717) is 5.02 Å². The molecular formula is C11H6Cl3NO3S. The van der Waals surface area contributed by atoms with Gasteiger partial charge in [0, 0.05) is 21.9 Å². The van der Waals surface area contributed by atoms with Crippen LogP contribution in [0.3, 0.4) is 0 Å². The molecule has 19 heavy (non-hydrogen) atoms. The third-order valence-corrected chi connectivity index (χ3v) is 3.96. The Hall–Kier alpha value is -1.01. The van der Waals surface area contributed by atoms with Gasteiger partial charge in [0.25, 0.3) is 9.05 Å². The lowest BCUT2D eigenvalue weighted by Crippen LogP contribution is -1.98. The minimum Gasteiger partial charge on any atom is -0.436 e. The number of nitrogens with zero attached hydrogens (tertiary/aromatic N) is 1. The van der Waals surface area contributed by atoms with Gasteiger partial charge in [-0.1, -0.05) is 23.2 Å². The number of pyridine rings is 1. The second-order valence-corrected chi connectivity index (χ2v) is 6.80. The van der Waals surface area contributed by atoms with Gasteiger partial charge in [0.1, 0.15) is 10.6 Å². The Kier molecular flexibility index (Phi) is 4.20. The molecule has 0 aliphatic carbocycles. The van der Waals surface area contributed by atoms with Crippen molar-refractivity contribution in [1.82, 2.24) is 4.98 Å². The molecule has 2 aromatic rings. The lowest BCUT2D eigenvalue weighted by atomic mass is 10.3. The second kappa shape index (κ2) is 5.54. The molecule has 4 nitrogen and oxygen atoms in total. The molecule has 0 aliphatic rings. The number of hydrogen-bond donors (Lipinski definition) is 0. The fourth-order valence-corrected chi connectivity index (χ4v) is 2.64. The number of benzene rings is 1. The normalized spacial score (nSPS) is 11.3. The van der Waals surface area contributed by atoms with Crippen LogP contribution in [0.4, 0.5) is 0 Å². The van der Waals surface area contributed by atoms with E-state index in [1.54, 1.807) is 6.07 Å². The summed E-state index contributed by atoms with van der Waals surface area (Å²) in [5, 5.41) is 0.666. The van der Waals surface area contributed by atoms with Crippen LogP contribution < -0.4 is 4.74 Å². The van der Waals surface area contributed by atoms with Crippen molar-refractivity contribution < 1.29 is 13.2 Å². The number of halogens is 3. The van der Waals surface area contributed by atoms with Gasteiger partial charge in [-0.2, -0.15) is 0 Å². The maximum absolute atomic E-state index is 11.4. The Morgan fingerprint density at radius 2 is 1.89 bits per heavy atom. The summed E-state index contributed by atoms with van der Waals surface area (Å²) in [5.41, 5.74) is 0. The maximum Gasteiger partial charge on any atom is 0.266 e. The highest BCUT2D eigenvalue weighted by Gasteiger charge is 2.19. The average Bonchev–Trinajstić information content (AvgIpc) is 2.32. The number of ether oxygens (including phenoxy) is 1.